The van der Waals surface area contributed by atoms with Gasteiger partial charge in [0.25, 0.3) is 0 Å². The second-order valence-corrected chi connectivity index (χ2v) is 10.2. The summed E-state index contributed by atoms with van der Waals surface area (Å²) in [5.41, 5.74) is 5.36. The molecule has 0 nitrogen and oxygen atoms in total. The zero-order valence-corrected chi connectivity index (χ0v) is 18.3. The lowest BCUT2D eigenvalue weighted by atomic mass is 9.13. The summed E-state index contributed by atoms with van der Waals surface area (Å²) >= 11 is 0. The van der Waals surface area contributed by atoms with Crippen molar-refractivity contribution in [2.24, 2.45) is 0 Å². The Morgan fingerprint density at radius 3 is 0.724 bits per heavy atom. The third-order valence-electron chi connectivity index (χ3n) is 5.20. The molecule has 0 atom stereocenters. The molecule has 0 spiro atoms. The van der Waals surface area contributed by atoms with Gasteiger partial charge in [-0.2, -0.15) is 21.9 Å². The Morgan fingerprint density at radius 2 is 0.552 bits per heavy atom. The van der Waals surface area contributed by atoms with E-state index in [9.17, 15) is 0 Å². The van der Waals surface area contributed by atoms with Crippen LogP contribution in [0.5, 0.6) is 0 Å². The molecule has 146 valence electrons. The van der Waals surface area contributed by atoms with Crippen molar-refractivity contribution in [3.63, 3.8) is 0 Å². The van der Waals surface area contributed by atoms with Crippen LogP contribution in [-0.2, 0) is 10.9 Å². The summed E-state index contributed by atoms with van der Waals surface area (Å²) in [5.74, 6) is 0. The highest BCUT2D eigenvalue weighted by Crippen LogP contribution is 2.09. The predicted octanol–water partition coefficient (Wildman–Crippen LogP) is 3.56. The van der Waals surface area contributed by atoms with Gasteiger partial charge in [0.2, 0.25) is 0 Å². The topological polar surface area (TPSA) is 0 Å². The Balaban J connectivity index is 0.000000552. The van der Waals surface area contributed by atoms with Gasteiger partial charge in [0.15, 0.2) is 0 Å². The molecule has 2 heteroatoms. The second-order valence-electron chi connectivity index (χ2n) is 7.73. The van der Waals surface area contributed by atoms with Crippen LogP contribution in [0.2, 0.25) is 0 Å². The van der Waals surface area contributed by atoms with E-state index in [1.54, 1.807) is 0 Å². The van der Waals surface area contributed by atoms with Gasteiger partial charge in [-0.3, -0.25) is 0 Å². The SMILES string of the molecule is C[S+](C)C.c1ccc([B-](c2ccccc2)(c2ccccc2)c2ccccc2)cc1. The van der Waals surface area contributed by atoms with E-state index in [1.165, 1.54) is 21.9 Å². The molecule has 4 aromatic carbocycles. The smallest absolute Gasteiger partial charge is 0.108 e. The Labute approximate surface area is 178 Å². The Kier molecular flexibility index (Phi) is 7.38. The van der Waals surface area contributed by atoms with Crippen LogP contribution in [0.1, 0.15) is 0 Å². The molecule has 0 fully saturated rings. The van der Waals surface area contributed by atoms with Gasteiger partial charge in [0.05, 0.1) is 18.8 Å². The second kappa shape index (κ2) is 10.2. The van der Waals surface area contributed by atoms with Gasteiger partial charge in [0.1, 0.15) is 6.15 Å². The van der Waals surface area contributed by atoms with E-state index in [2.05, 4.69) is 140 Å². The zero-order valence-electron chi connectivity index (χ0n) is 17.5. The van der Waals surface area contributed by atoms with Crippen molar-refractivity contribution in [3.8, 4) is 0 Å². The molecule has 0 bridgehead atoms. The van der Waals surface area contributed by atoms with Crippen LogP contribution < -0.4 is 21.9 Å². The van der Waals surface area contributed by atoms with E-state index < -0.39 is 6.15 Å². The summed E-state index contributed by atoms with van der Waals surface area (Å²) in [5, 5.41) is 0. The van der Waals surface area contributed by atoms with Crippen molar-refractivity contribution >= 4 is 38.9 Å². The quantitative estimate of drug-likeness (QED) is 0.366. The van der Waals surface area contributed by atoms with Crippen LogP contribution in [-0.4, -0.2) is 24.9 Å². The maximum Gasteiger partial charge on any atom is 0.108 e. The van der Waals surface area contributed by atoms with E-state index >= 15 is 0 Å². The monoisotopic (exact) mass is 396 g/mol. The van der Waals surface area contributed by atoms with Gasteiger partial charge in [-0.1, -0.05) is 121 Å². The predicted molar refractivity (Wildman–Crippen MR) is 135 cm³/mol. The highest BCUT2D eigenvalue weighted by molar-refractivity contribution is 7.94. The van der Waals surface area contributed by atoms with E-state index in [-0.39, 0.29) is 0 Å². The van der Waals surface area contributed by atoms with Gasteiger partial charge in [-0.15, -0.1) is 0 Å². The summed E-state index contributed by atoms with van der Waals surface area (Å²) < 4.78 is 0. The molecule has 0 aromatic heterocycles. The molecule has 0 radical (unpaired) electrons. The summed E-state index contributed by atoms with van der Waals surface area (Å²) in [6.45, 7) is 0. The first-order valence-corrected chi connectivity index (χ1v) is 12.5. The first kappa shape index (κ1) is 21.0. The number of hydrogen-bond acceptors (Lipinski definition) is 0. The van der Waals surface area contributed by atoms with Crippen molar-refractivity contribution in [2.45, 2.75) is 0 Å². The Morgan fingerprint density at radius 1 is 0.379 bits per heavy atom. The first-order valence-electron chi connectivity index (χ1n) is 10.0. The lowest BCUT2D eigenvalue weighted by molar-refractivity contribution is 1.66. The number of rotatable bonds is 4. The fourth-order valence-corrected chi connectivity index (χ4v) is 4.12. The van der Waals surface area contributed by atoms with Crippen molar-refractivity contribution in [3.05, 3.63) is 121 Å². The van der Waals surface area contributed by atoms with Gasteiger partial charge in [-0.05, 0) is 10.9 Å². The van der Waals surface area contributed by atoms with E-state index in [0.717, 1.165) is 0 Å². The molecule has 4 rings (SSSR count). The molecule has 0 aliphatic heterocycles. The molecule has 0 amide bonds. The van der Waals surface area contributed by atoms with Crippen LogP contribution >= 0.6 is 0 Å². The fraction of sp³-hybridized carbons (Fsp3) is 0.111. The van der Waals surface area contributed by atoms with Crippen molar-refractivity contribution in [1.29, 1.82) is 0 Å². The number of benzene rings is 4. The first-order chi connectivity index (χ1) is 14.2. The lowest BCUT2D eigenvalue weighted by Gasteiger charge is -2.44. The van der Waals surface area contributed by atoms with E-state index in [4.69, 9.17) is 0 Å². The van der Waals surface area contributed by atoms with E-state index in [0.29, 0.717) is 10.9 Å². The summed E-state index contributed by atoms with van der Waals surface area (Å²) in [6.07, 6.45) is 5.37. The Hall–Kier alpha value is -2.71. The molecule has 0 N–H and O–H groups in total. The van der Waals surface area contributed by atoms with Crippen LogP contribution in [0.15, 0.2) is 121 Å². The van der Waals surface area contributed by atoms with Gasteiger partial charge in [-0.25, -0.2) is 0 Å². The molecule has 0 unspecified atom stereocenters. The lowest BCUT2D eigenvalue weighted by Crippen LogP contribution is -2.74. The van der Waals surface area contributed by atoms with Gasteiger partial charge >= 0.3 is 0 Å². The van der Waals surface area contributed by atoms with Crippen molar-refractivity contribution in [2.75, 3.05) is 18.8 Å². The maximum absolute atomic E-state index is 2.26. The molecule has 0 heterocycles. The zero-order chi connectivity index (χ0) is 20.5. The highest BCUT2D eigenvalue weighted by atomic mass is 32.2. The van der Waals surface area contributed by atoms with Crippen molar-refractivity contribution in [1.82, 2.24) is 0 Å². The summed E-state index contributed by atoms with van der Waals surface area (Å²) in [6, 6.07) is 43.5. The van der Waals surface area contributed by atoms with E-state index in [1.807, 2.05) is 0 Å². The molecule has 0 aliphatic carbocycles. The van der Waals surface area contributed by atoms with Crippen LogP contribution in [0.3, 0.4) is 0 Å². The van der Waals surface area contributed by atoms with Gasteiger partial charge < -0.3 is 0 Å². The van der Waals surface area contributed by atoms with Crippen LogP contribution in [0.4, 0.5) is 0 Å². The summed E-state index contributed by atoms with van der Waals surface area (Å²) in [4.78, 5) is 0. The Bertz CT molecular complexity index is 802. The van der Waals surface area contributed by atoms with Crippen LogP contribution in [0, 0.1) is 0 Å². The van der Waals surface area contributed by atoms with Crippen molar-refractivity contribution < 1.29 is 0 Å². The average molecular weight is 396 g/mol. The summed E-state index contributed by atoms with van der Waals surface area (Å²) in [7, 11) is 0.639. The standard InChI is InChI=1S/C24H20B.C3H9S/c1-5-13-21(14-6-1)25(22-15-7-2-8-16-22,23-17-9-3-10-18-23)24-19-11-4-12-20-24;1-4(2)3/h1-20H;1-3H3/q-1;+1. The molecular weight excluding hydrogens is 367 g/mol. The third kappa shape index (κ3) is 4.83. The van der Waals surface area contributed by atoms with Crippen LogP contribution in [0.25, 0.3) is 0 Å². The fourth-order valence-electron chi connectivity index (χ4n) is 4.12. The molecule has 0 saturated heterocycles. The minimum absolute atomic E-state index is 0.639. The largest absolute Gasteiger partial charge is 0.195 e. The molecule has 0 saturated carbocycles. The number of hydrogen-bond donors (Lipinski definition) is 0. The third-order valence-corrected chi connectivity index (χ3v) is 5.20. The minimum atomic E-state index is -1.22. The molecule has 4 aromatic rings. The maximum atomic E-state index is 2.26. The highest BCUT2D eigenvalue weighted by Gasteiger charge is 2.30. The molecular formula is C27H29BS. The average Bonchev–Trinajstić information content (AvgIpc) is 2.77. The van der Waals surface area contributed by atoms with Gasteiger partial charge in [0, 0.05) is 0 Å². The molecule has 29 heavy (non-hydrogen) atoms. The minimum Gasteiger partial charge on any atom is -0.195 e. The molecule has 0 aliphatic rings. The normalized spacial score (nSPS) is 10.9.